The molecule has 0 aliphatic heterocycles. The second-order valence-electron chi connectivity index (χ2n) is 6.20. The van der Waals surface area contributed by atoms with E-state index in [1.807, 2.05) is 25.1 Å². The summed E-state index contributed by atoms with van der Waals surface area (Å²) < 4.78 is 0. The second kappa shape index (κ2) is 8.66. The maximum atomic E-state index is 10.6. The van der Waals surface area contributed by atoms with Gasteiger partial charge in [-0.1, -0.05) is 73.7 Å². The highest BCUT2D eigenvalue weighted by atomic mass is 16.3. The van der Waals surface area contributed by atoms with Gasteiger partial charge >= 0.3 is 0 Å². The van der Waals surface area contributed by atoms with Crippen LogP contribution in [-0.4, -0.2) is 22.2 Å². The highest BCUT2D eigenvalue weighted by molar-refractivity contribution is 5.17. The van der Waals surface area contributed by atoms with Crippen LogP contribution in [0.2, 0.25) is 0 Å². The molecule has 3 atom stereocenters. The fourth-order valence-corrected chi connectivity index (χ4v) is 2.77. The van der Waals surface area contributed by atoms with Gasteiger partial charge in [-0.3, -0.25) is 4.90 Å². The molecular weight excluding hydrogens is 282 g/mol. The normalized spacial score (nSPS) is 15.1. The average Bonchev–Trinajstić information content (AvgIpc) is 2.61. The minimum Gasteiger partial charge on any atom is -0.391 e. The molecule has 1 N–H and O–H groups in total. The summed E-state index contributed by atoms with van der Waals surface area (Å²) in [5.41, 5.74) is 2.52. The molecular formula is C21H27NO. The first-order chi connectivity index (χ1) is 11.1. The van der Waals surface area contributed by atoms with Crippen molar-refractivity contribution in [1.29, 1.82) is 0 Å². The zero-order valence-electron chi connectivity index (χ0n) is 14.1. The molecule has 0 aliphatic carbocycles. The van der Waals surface area contributed by atoms with E-state index >= 15 is 0 Å². The summed E-state index contributed by atoms with van der Waals surface area (Å²) in [6, 6.07) is 20.9. The lowest BCUT2D eigenvalue weighted by atomic mass is 9.97. The number of hydrogen-bond donors (Lipinski definition) is 1. The first-order valence-electron chi connectivity index (χ1n) is 8.24. The number of aliphatic hydroxyl groups excluding tert-OH is 1. The summed E-state index contributed by atoms with van der Waals surface area (Å²) in [6.07, 6.45) is 1.39. The molecule has 0 spiro atoms. The van der Waals surface area contributed by atoms with Crippen LogP contribution in [0.3, 0.4) is 0 Å². The van der Waals surface area contributed by atoms with Gasteiger partial charge < -0.3 is 5.11 Å². The van der Waals surface area contributed by atoms with Gasteiger partial charge in [0.05, 0.1) is 6.10 Å². The molecule has 0 fully saturated rings. The fraction of sp³-hybridized carbons (Fsp3) is 0.333. The summed E-state index contributed by atoms with van der Waals surface area (Å²) in [5, 5.41) is 10.6. The SMILES string of the molecule is C=CC(C)[C@@H](O)[C@H](C)N(Cc1ccccc1)Cc1ccccc1. The zero-order valence-corrected chi connectivity index (χ0v) is 14.1. The van der Waals surface area contributed by atoms with Gasteiger partial charge in [0.25, 0.3) is 0 Å². The van der Waals surface area contributed by atoms with Crippen molar-refractivity contribution < 1.29 is 5.11 Å². The predicted molar refractivity (Wildman–Crippen MR) is 97.0 cm³/mol. The number of aliphatic hydroxyl groups is 1. The van der Waals surface area contributed by atoms with Crippen LogP contribution in [0.25, 0.3) is 0 Å². The Hall–Kier alpha value is -1.90. The quantitative estimate of drug-likeness (QED) is 0.737. The van der Waals surface area contributed by atoms with Crippen molar-refractivity contribution in [3.63, 3.8) is 0 Å². The van der Waals surface area contributed by atoms with Crippen LogP contribution in [0.1, 0.15) is 25.0 Å². The van der Waals surface area contributed by atoms with Crippen LogP contribution in [-0.2, 0) is 13.1 Å². The third-order valence-corrected chi connectivity index (χ3v) is 4.44. The molecule has 1 unspecified atom stereocenters. The summed E-state index contributed by atoms with van der Waals surface area (Å²) in [6.45, 7) is 9.55. The first-order valence-corrected chi connectivity index (χ1v) is 8.24. The highest BCUT2D eigenvalue weighted by Gasteiger charge is 2.25. The first kappa shape index (κ1) is 17.5. The lowest BCUT2D eigenvalue weighted by Crippen LogP contribution is -2.43. The maximum Gasteiger partial charge on any atom is 0.0752 e. The lowest BCUT2D eigenvalue weighted by Gasteiger charge is -2.34. The van der Waals surface area contributed by atoms with Gasteiger partial charge in [0.2, 0.25) is 0 Å². The van der Waals surface area contributed by atoms with Crippen molar-refractivity contribution in [2.24, 2.45) is 5.92 Å². The van der Waals surface area contributed by atoms with Gasteiger partial charge in [-0.05, 0) is 18.1 Å². The number of benzene rings is 2. The molecule has 2 aromatic rings. The van der Waals surface area contributed by atoms with Crippen molar-refractivity contribution in [2.45, 2.75) is 39.1 Å². The number of rotatable bonds is 8. The summed E-state index contributed by atoms with van der Waals surface area (Å²) in [4.78, 5) is 2.33. The predicted octanol–water partition coefficient (Wildman–Crippen LogP) is 4.26. The van der Waals surface area contributed by atoms with Gasteiger partial charge in [0, 0.05) is 25.0 Å². The molecule has 2 aromatic carbocycles. The molecule has 0 radical (unpaired) electrons. The van der Waals surface area contributed by atoms with Crippen molar-refractivity contribution in [1.82, 2.24) is 4.90 Å². The summed E-state index contributed by atoms with van der Waals surface area (Å²) in [5.74, 6) is 0.0686. The molecule has 0 saturated heterocycles. The highest BCUT2D eigenvalue weighted by Crippen LogP contribution is 2.19. The Labute approximate surface area is 140 Å². The smallest absolute Gasteiger partial charge is 0.0752 e. The average molecular weight is 309 g/mol. The van der Waals surface area contributed by atoms with Gasteiger partial charge in [-0.25, -0.2) is 0 Å². The van der Waals surface area contributed by atoms with Crippen molar-refractivity contribution in [2.75, 3.05) is 0 Å². The Morgan fingerprint density at radius 2 is 1.35 bits per heavy atom. The fourth-order valence-electron chi connectivity index (χ4n) is 2.77. The minimum atomic E-state index is -0.431. The second-order valence-corrected chi connectivity index (χ2v) is 6.20. The van der Waals surface area contributed by atoms with E-state index in [1.54, 1.807) is 0 Å². The molecule has 0 saturated carbocycles. The van der Waals surface area contributed by atoms with E-state index in [0.29, 0.717) is 0 Å². The Kier molecular flexibility index (Phi) is 6.57. The van der Waals surface area contributed by atoms with E-state index in [0.717, 1.165) is 13.1 Å². The Morgan fingerprint density at radius 1 is 0.913 bits per heavy atom. The maximum absolute atomic E-state index is 10.6. The summed E-state index contributed by atoms with van der Waals surface area (Å²) in [7, 11) is 0. The van der Waals surface area contributed by atoms with Gasteiger partial charge in [-0.15, -0.1) is 6.58 Å². The Balaban J connectivity index is 2.18. The van der Waals surface area contributed by atoms with Crippen molar-refractivity contribution >= 4 is 0 Å². The standard InChI is InChI=1S/C21H27NO/c1-4-17(2)21(23)18(3)22(15-19-11-7-5-8-12-19)16-20-13-9-6-10-14-20/h4-14,17-18,21,23H,1,15-16H2,2-3H3/t17?,18-,21+/m0/s1. The molecule has 2 heteroatoms. The van der Waals surface area contributed by atoms with Crippen LogP contribution in [0.15, 0.2) is 73.3 Å². The van der Waals surface area contributed by atoms with Crippen LogP contribution < -0.4 is 0 Å². The minimum absolute atomic E-state index is 0.0448. The number of nitrogens with zero attached hydrogens (tertiary/aromatic N) is 1. The van der Waals surface area contributed by atoms with Crippen molar-refractivity contribution in [3.8, 4) is 0 Å². The van der Waals surface area contributed by atoms with Crippen LogP contribution in [0, 0.1) is 5.92 Å². The topological polar surface area (TPSA) is 23.5 Å². The van der Waals surface area contributed by atoms with E-state index in [9.17, 15) is 5.11 Å². The summed E-state index contributed by atoms with van der Waals surface area (Å²) >= 11 is 0. The van der Waals surface area contributed by atoms with E-state index < -0.39 is 6.10 Å². The Morgan fingerprint density at radius 3 is 1.74 bits per heavy atom. The van der Waals surface area contributed by atoms with E-state index in [1.165, 1.54) is 11.1 Å². The lowest BCUT2D eigenvalue weighted by molar-refractivity contribution is 0.0275. The molecule has 2 nitrogen and oxygen atoms in total. The van der Waals surface area contributed by atoms with Crippen LogP contribution in [0.5, 0.6) is 0 Å². The molecule has 0 bridgehead atoms. The van der Waals surface area contributed by atoms with Gasteiger partial charge in [0.1, 0.15) is 0 Å². The van der Waals surface area contributed by atoms with E-state index in [-0.39, 0.29) is 12.0 Å². The van der Waals surface area contributed by atoms with E-state index in [4.69, 9.17) is 0 Å². The third-order valence-electron chi connectivity index (χ3n) is 4.44. The zero-order chi connectivity index (χ0) is 16.7. The third kappa shape index (κ3) is 5.05. The van der Waals surface area contributed by atoms with Crippen molar-refractivity contribution in [3.05, 3.63) is 84.4 Å². The Bertz CT molecular complexity index is 540. The molecule has 0 aliphatic rings. The molecule has 0 aromatic heterocycles. The largest absolute Gasteiger partial charge is 0.391 e. The number of hydrogen-bond acceptors (Lipinski definition) is 2. The molecule has 2 rings (SSSR count). The van der Waals surface area contributed by atoms with E-state index in [2.05, 4.69) is 66.9 Å². The molecule has 122 valence electrons. The monoisotopic (exact) mass is 309 g/mol. The molecule has 0 heterocycles. The molecule has 23 heavy (non-hydrogen) atoms. The van der Waals surface area contributed by atoms with Crippen LogP contribution >= 0.6 is 0 Å². The molecule has 0 amide bonds. The van der Waals surface area contributed by atoms with Gasteiger partial charge in [-0.2, -0.15) is 0 Å². The van der Waals surface area contributed by atoms with Crippen LogP contribution in [0.4, 0.5) is 0 Å². The van der Waals surface area contributed by atoms with Gasteiger partial charge in [0.15, 0.2) is 0 Å².